The first-order valence-electron chi connectivity index (χ1n) is 9.21. The molecule has 26 heavy (non-hydrogen) atoms. The van der Waals surface area contributed by atoms with Gasteiger partial charge in [0.2, 0.25) is 15.9 Å². The third-order valence-corrected chi connectivity index (χ3v) is 6.49. The largest absolute Gasteiger partial charge is 0.492 e. The third-order valence-electron chi connectivity index (χ3n) is 4.42. The first-order valence-corrected chi connectivity index (χ1v) is 10.7. The van der Waals surface area contributed by atoms with Gasteiger partial charge in [0.1, 0.15) is 10.6 Å². The molecule has 2 rings (SSSR count). The summed E-state index contributed by atoms with van der Waals surface area (Å²) in [6.07, 6.45) is 2.23. The molecule has 1 fully saturated rings. The molecule has 7 nitrogen and oxygen atoms in total. The van der Waals surface area contributed by atoms with Crippen molar-refractivity contribution in [3.63, 3.8) is 0 Å². The topological polar surface area (TPSA) is 79.0 Å². The van der Waals surface area contributed by atoms with E-state index in [-0.39, 0.29) is 10.8 Å². The minimum Gasteiger partial charge on any atom is -0.492 e. The average Bonchev–Trinajstić information content (AvgIpc) is 3.10. The molecule has 1 aliphatic heterocycles. The Balaban J connectivity index is 2.25. The van der Waals surface area contributed by atoms with E-state index in [1.54, 1.807) is 32.9 Å². The maximum absolute atomic E-state index is 12.9. The molecule has 0 bridgehead atoms. The second-order valence-corrected chi connectivity index (χ2v) is 8.12. The van der Waals surface area contributed by atoms with Crippen LogP contribution < -0.4 is 10.1 Å². The molecule has 0 radical (unpaired) electrons. The van der Waals surface area contributed by atoms with E-state index in [0.29, 0.717) is 37.7 Å². The summed E-state index contributed by atoms with van der Waals surface area (Å²) >= 11 is 0. The van der Waals surface area contributed by atoms with Crippen molar-refractivity contribution in [2.24, 2.45) is 0 Å². The van der Waals surface area contributed by atoms with Crippen LogP contribution in [0.4, 0.5) is 5.69 Å². The van der Waals surface area contributed by atoms with Gasteiger partial charge in [-0.25, -0.2) is 8.42 Å². The van der Waals surface area contributed by atoms with Crippen LogP contribution in [0.5, 0.6) is 5.75 Å². The van der Waals surface area contributed by atoms with Crippen molar-refractivity contribution in [3.05, 3.63) is 18.2 Å². The number of carbonyl (C=O) groups excluding carboxylic acids is 1. The van der Waals surface area contributed by atoms with Gasteiger partial charge in [-0.15, -0.1) is 0 Å². The molecule has 1 saturated heterocycles. The predicted molar refractivity (Wildman–Crippen MR) is 102 cm³/mol. The summed E-state index contributed by atoms with van der Waals surface area (Å²) in [5.74, 6) is 0.166. The van der Waals surface area contributed by atoms with E-state index in [1.807, 2.05) is 0 Å². The highest BCUT2D eigenvalue weighted by atomic mass is 32.2. The van der Waals surface area contributed by atoms with Gasteiger partial charge in [0.25, 0.3) is 0 Å². The number of carbonyl (C=O) groups is 1. The first kappa shape index (κ1) is 20.7. The van der Waals surface area contributed by atoms with Crippen molar-refractivity contribution in [1.82, 2.24) is 9.21 Å². The molecule has 1 aliphatic rings. The Morgan fingerprint density at radius 1 is 1.19 bits per heavy atom. The Morgan fingerprint density at radius 3 is 2.42 bits per heavy atom. The molecular formula is C18H29N3O4S. The molecule has 1 aromatic carbocycles. The fourth-order valence-corrected chi connectivity index (χ4v) is 4.72. The van der Waals surface area contributed by atoms with Crippen LogP contribution in [0.15, 0.2) is 23.1 Å². The molecule has 0 spiro atoms. The van der Waals surface area contributed by atoms with E-state index in [4.69, 9.17) is 4.74 Å². The zero-order valence-corrected chi connectivity index (χ0v) is 16.6. The highest BCUT2D eigenvalue weighted by Crippen LogP contribution is 2.30. The van der Waals surface area contributed by atoms with Crippen LogP contribution in [0.25, 0.3) is 0 Å². The lowest BCUT2D eigenvalue weighted by atomic mass is 10.3. The molecule has 8 heteroatoms. The van der Waals surface area contributed by atoms with Gasteiger partial charge >= 0.3 is 0 Å². The van der Waals surface area contributed by atoms with E-state index in [1.165, 1.54) is 10.4 Å². The molecule has 1 N–H and O–H groups in total. The van der Waals surface area contributed by atoms with Gasteiger partial charge in [-0.1, -0.05) is 13.8 Å². The minimum atomic E-state index is -3.69. The lowest BCUT2D eigenvalue weighted by Gasteiger charge is -2.21. The predicted octanol–water partition coefficient (Wildman–Crippen LogP) is 2.15. The summed E-state index contributed by atoms with van der Waals surface area (Å²) in [7, 11) is -3.69. The summed E-state index contributed by atoms with van der Waals surface area (Å²) in [5.41, 5.74) is 0.461. The number of sulfonamides is 1. The van der Waals surface area contributed by atoms with Gasteiger partial charge in [-0.2, -0.15) is 4.31 Å². The lowest BCUT2D eigenvalue weighted by Crippen LogP contribution is -2.32. The first-order chi connectivity index (χ1) is 12.4. The van der Waals surface area contributed by atoms with E-state index in [0.717, 1.165) is 25.9 Å². The standard InChI is InChI=1S/C18H29N3O4S/c1-4-21(5-2)26(23,24)17-13-15(9-10-16(17)25-6-3)19-18(22)14-20-11-7-8-12-20/h9-10,13H,4-8,11-12,14H2,1-3H3,(H,19,22). The molecule has 0 atom stereocenters. The van der Waals surface area contributed by atoms with Crippen molar-refractivity contribution < 1.29 is 17.9 Å². The Kier molecular flexibility index (Phi) is 7.43. The normalized spacial score (nSPS) is 15.4. The number of likely N-dealkylation sites (tertiary alicyclic amines) is 1. The molecular weight excluding hydrogens is 354 g/mol. The molecule has 1 heterocycles. The van der Waals surface area contributed by atoms with Crippen molar-refractivity contribution in [3.8, 4) is 5.75 Å². The SMILES string of the molecule is CCOc1ccc(NC(=O)CN2CCCC2)cc1S(=O)(=O)N(CC)CC. The van der Waals surface area contributed by atoms with Crippen LogP contribution in [-0.2, 0) is 14.8 Å². The zero-order valence-electron chi connectivity index (χ0n) is 15.8. The Labute approximate surface area is 156 Å². The maximum Gasteiger partial charge on any atom is 0.246 e. The Morgan fingerprint density at radius 2 is 1.85 bits per heavy atom. The monoisotopic (exact) mass is 383 g/mol. The van der Waals surface area contributed by atoms with Gasteiger partial charge < -0.3 is 10.1 Å². The number of rotatable bonds is 9. The molecule has 0 aliphatic carbocycles. The number of amides is 1. The number of nitrogens with zero attached hydrogens (tertiary/aromatic N) is 2. The fraction of sp³-hybridized carbons (Fsp3) is 0.611. The van der Waals surface area contributed by atoms with Gasteiger partial charge in [-0.05, 0) is 51.1 Å². The molecule has 0 saturated carbocycles. The number of anilines is 1. The second-order valence-electron chi connectivity index (χ2n) is 6.22. The molecule has 1 aromatic rings. The molecule has 0 unspecified atom stereocenters. The van der Waals surface area contributed by atoms with Gasteiger partial charge in [-0.3, -0.25) is 9.69 Å². The quantitative estimate of drug-likeness (QED) is 0.707. The summed E-state index contributed by atoms with van der Waals surface area (Å²) in [5, 5.41) is 2.81. The Hall–Kier alpha value is -1.64. The van der Waals surface area contributed by atoms with Crippen molar-refractivity contribution >= 4 is 21.6 Å². The van der Waals surface area contributed by atoms with Gasteiger partial charge in [0.05, 0.1) is 13.2 Å². The average molecular weight is 384 g/mol. The van der Waals surface area contributed by atoms with Crippen LogP contribution in [0.3, 0.4) is 0 Å². The lowest BCUT2D eigenvalue weighted by molar-refractivity contribution is -0.117. The Bertz CT molecular complexity index is 711. The van der Waals surface area contributed by atoms with E-state index < -0.39 is 10.0 Å². The summed E-state index contributed by atoms with van der Waals surface area (Å²) in [4.78, 5) is 14.4. The second kappa shape index (κ2) is 9.34. The van der Waals surface area contributed by atoms with Crippen LogP contribution in [0, 0.1) is 0 Å². The van der Waals surface area contributed by atoms with Gasteiger partial charge in [0.15, 0.2) is 0 Å². The summed E-state index contributed by atoms with van der Waals surface area (Å²) < 4.78 is 32.7. The summed E-state index contributed by atoms with van der Waals surface area (Å²) in [6.45, 7) is 8.68. The highest BCUT2D eigenvalue weighted by molar-refractivity contribution is 7.89. The maximum atomic E-state index is 12.9. The highest BCUT2D eigenvalue weighted by Gasteiger charge is 2.26. The fourth-order valence-electron chi connectivity index (χ4n) is 3.11. The number of nitrogens with one attached hydrogen (secondary N) is 1. The van der Waals surface area contributed by atoms with E-state index in [9.17, 15) is 13.2 Å². The molecule has 0 aromatic heterocycles. The summed E-state index contributed by atoms with van der Waals surface area (Å²) in [6, 6.07) is 4.76. The number of ether oxygens (including phenoxy) is 1. The van der Waals surface area contributed by atoms with Crippen LogP contribution in [-0.4, -0.2) is 62.9 Å². The smallest absolute Gasteiger partial charge is 0.246 e. The number of hydrogen-bond acceptors (Lipinski definition) is 5. The molecule has 1 amide bonds. The van der Waals surface area contributed by atoms with E-state index >= 15 is 0 Å². The zero-order chi connectivity index (χ0) is 19.2. The van der Waals surface area contributed by atoms with Crippen LogP contribution in [0.1, 0.15) is 33.6 Å². The van der Waals surface area contributed by atoms with Gasteiger partial charge in [0, 0.05) is 18.8 Å². The van der Waals surface area contributed by atoms with Crippen LogP contribution >= 0.6 is 0 Å². The minimum absolute atomic E-state index is 0.0852. The number of hydrogen-bond donors (Lipinski definition) is 1. The van der Waals surface area contributed by atoms with Crippen molar-refractivity contribution in [2.75, 3.05) is 44.6 Å². The van der Waals surface area contributed by atoms with Crippen LogP contribution in [0.2, 0.25) is 0 Å². The molecule has 146 valence electrons. The van der Waals surface area contributed by atoms with E-state index in [2.05, 4.69) is 10.2 Å². The third kappa shape index (κ3) is 4.96. The van der Waals surface area contributed by atoms with Crippen molar-refractivity contribution in [1.29, 1.82) is 0 Å². The van der Waals surface area contributed by atoms with Crippen molar-refractivity contribution in [2.45, 2.75) is 38.5 Å². The number of benzene rings is 1.